The van der Waals surface area contributed by atoms with E-state index in [9.17, 15) is 9.59 Å². The third-order valence-corrected chi connectivity index (χ3v) is 6.35. The standard InChI is InChI=1S/C22H16N2O3S3/c25-20(18-7-4-12-29-18)23-24-21(26)19(30-22(24)28)13-15-8-10-17(11-9-15)27-14-16-5-2-1-3-6-16/h1-13H,14H2,(H,23,25)/b19-13+. The van der Waals surface area contributed by atoms with Gasteiger partial charge in [0, 0.05) is 0 Å². The molecule has 1 aliphatic rings. The van der Waals surface area contributed by atoms with Crippen LogP contribution in [0.1, 0.15) is 20.8 Å². The highest BCUT2D eigenvalue weighted by molar-refractivity contribution is 8.26. The Labute approximate surface area is 187 Å². The van der Waals surface area contributed by atoms with Gasteiger partial charge in [-0.2, -0.15) is 5.01 Å². The number of rotatable bonds is 6. The molecule has 0 unspecified atom stereocenters. The second kappa shape index (κ2) is 9.25. The Bertz CT molecular complexity index is 1090. The minimum absolute atomic E-state index is 0.291. The van der Waals surface area contributed by atoms with Crippen LogP contribution in [0.3, 0.4) is 0 Å². The molecule has 3 aromatic rings. The van der Waals surface area contributed by atoms with Crippen molar-refractivity contribution in [1.29, 1.82) is 0 Å². The highest BCUT2D eigenvalue weighted by Gasteiger charge is 2.33. The van der Waals surface area contributed by atoms with Crippen LogP contribution < -0.4 is 10.2 Å². The van der Waals surface area contributed by atoms with Crippen LogP contribution in [0.25, 0.3) is 6.08 Å². The van der Waals surface area contributed by atoms with Gasteiger partial charge in [-0.1, -0.05) is 60.3 Å². The summed E-state index contributed by atoms with van der Waals surface area (Å²) in [6, 6.07) is 20.8. The molecule has 0 spiro atoms. The third-order valence-electron chi connectivity index (χ3n) is 4.18. The molecule has 1 fully saturated rings. The minimum Gasteiger partial charge on any atom is -0.489 e. The highest BCUT2D eigenvalue weighted by atomic mass is 32.2. The van der Waals surface area contributed by atoms with Crippen LogP contribution in [-0.4, -0.2) is 21.1 Å². The maximum absolute atomic E-state index is 12.7. The zero-order valence-corrected chi connectivity index (χ0v) is 18.1. The van der Waals surface area contributed by atoms with E-state index in [-0.39, 0.29) is 11.8 Å². The fourth-order valence-electron chi connectivity index (χ4n) is 2.68. The molecular weight excluding hydrogens is 436 g/mol. The van der Waals surface area contributed by atoms with E-state index in [1.54, 1.807) is 23.6 Å². The van der Waals surface area contributed by atoms with Crippen LogP contribution in [0.2, 0.25) is 0 Å². The summed E-state index contributed by atoms with van der Waals surface area (Å²) >= 11 is 7.71. The van der Waals surface area contributed by atoms with Gasteiger partial charge in [0.15, 0.2) is 4.32 Å². The fraction of sp³-hybridized carbons (Fsp3) is 0.0455. The van der Waals surface area contributed by atoms with E-state index in [1.165, 1.54) is 11.3 Å². The Balaban J connectivity index is 1.40. The zero-order valence-electron chi connectivity index (χ0n) is 15.6. The van der Waals surface area contributed by atoms with E-state index in [0.29, 0.717) is 20.7 Å². The molecule has 1 aromatic heterocycles. The zero-order chi connectivity index (χ0) is 20.9. The highest BCUT2D eigenvalue weighted by Crippen LogP contribution is 2.32. The average Bonchev–Trinajstić information content (AvgIpc) is 3.39. The van der Waals surface area contributed by atoms with Crippen LogP contribution in [0.4, 0.5) is 0 Å². The molecule has 0 atom stereocenters. The third kappa shape index (κ3) is 4.79. The van der Waals surface area contributed by atoms with Gasteiger partial charge in [0.25, 0.3) is 11.8 Å². The number of amides is 2. The van der Waals surface area contributed by atoms with Gasteiger partial charge in [-0.05, 0) is 53.0 Å². The normalized spacial score (nSPS) is 14.9. The Morgan fingerprint density at radius 2 is 1.83 bits per heavy atom. The number of thiophene rings is 1. The molecule has 2 aromatic carbocycles. The molecule has 5 nitrogen and oxygen atoms in total. The van der Waals surface area contributed by atoms with Crippen LogP contribution in [0, 0.1) is 0 Å². The van der Waals surface area contributed by atoms with Crippen molar-refractivity contribution in [2.75, 3.05) is 0 Å². The summed E-state index contributed by atoms with van der Waals surface area (Å²) in [5, 5.41) is 2.91. The first-order valence-electron chi connectivity index (χ1n) is 8.99. The summed E-state index contributed by atoms with van der Waals surface area (Å²) in [7, 11) is 0. The SMILES string of the molecule is O=C(NN1C(=O)/C(=C\c2ccc(OCc3ccccc3)cc2)SC1=S)c1cccs1. The van der Waals surface area contributed by atoms with Crippen LogP contribution in [0.15, 0.2) is 77.0 Å². The average molecular weight is 453 g/mol. The van der Waals surface area contributed by atoms with Gasteiger partial charge < -0.3 is 4.74 Å². The number of hydrogen-bond acceptors (Lipinski definition) is 6. The number of carbonyl (C=O) groups is 2. The molecule has 0 aliphatic carbocycles. The van der Waals surface area contributed by atoms with Crippen molar-refractivity contribution in [2.24, 2.45) is 0 Å². The van der Waals surface area contributed by atoms with Gasteiger partial charge in [-0.3, -0.25) is 15.0 Å². The number of carbonyl (C=O) groups excluding carboxylic acids is 2. The lowest BCUT2D eigenvalue weighted by molar-refractivity contribution is -0.123. The molecular formula is C22H16N2O3S3. The largest absolute Gasteiger partial charge is 0.489 e. The van der Waals surface area contributed by atoms with E-state index in [4.69, 9.17) is 17.0 Å². The van der Waals surface area contributed by atoms with Gasteiger partial charge in [-0.15, -0.1) is 11.3 Å². The van der Waals surface area contributed by atoms with E-state index in [2.05, 4.69) is 5.43 Å². The Morgan fingerprint density at radius 3 is 2.53 bits per heavy atom. The Kier molecular flexibility index (Phi) is 6.27. The first kappa shape index (κ1) is 20.3. The van der Waals surface area contributed by atoms with Crippen molar-refractivity contribution >= 4 is 57.5 Å². The number of thioether (sulfide) groups is 1. The summed E-state index contributed by atoms with van der Waals surface area (Å²) in [4.78, 5) is 25.8. The lowest BCUT2D eigenvalue weighted by Gasteiger charge is -2.14. The van der Waals surface area contributed by atoms with Crippen molar-refractivity contribution in [2.45, 2.75) is 6.61 Å². The summed E-state index contributed by atoms with van der Waals surface area (Å²) in [6.45, 7) is 0.489. The van der Waals surface area contributed by atoms with Crippen molar-refractivity contribution in [3.63, 3.8) is 0 Å². The lowest BCUT2D eigenvalue weighted by Crippen LogP contribution is -2.44. The van der Waals surface area contributed by atoms with Crippen LogP contribution in [0.5, 0.6) is 5.75 Å². The van der Waals surface area contributed by atoms with Crippen molar-refractivity contribution in [3.05, 3.63) is 93.0 Å². The van der Waals surface area contributed by atoms with Gasteiger partial charge in [0.2, 0.25) is 0 Å². The molecule has 2 heterocycles. The predicted molar refractivity (Wildman–Crippen MR) is 124 cm³/mol. The van der Waals surface area contributed by atoms with Crippen molar-refractivity contribution in [1.82, 2.24) is 10.4 Å². The van der Waals surface area contributed by atoms with Gasteiger partial charge in [-0.25, -0.2) is 0 Å². The molecule has 2 amide bonds. The molecule has 30 heavy (non-hydrogen) atoms. The van der Waals surface area contributed by atoms with Crippen LogP contribution in [-0.2, 0) is 11.4 Å². The number of ether oxygens (including phenoxy) is 1. The van der Waals surface area contributed by atoms with E-state index in [0.717, 1.165) is 33.6 Å². The Morgan fingerprint density at radius 1 is 1.07 bits per heavy atom. The van der Waals surface area contributed by atoms with Crippen molar-refractivity contribution < 1.29 is 14.3 Å². The monoisotopic (exact) mass is 452 g/mol. The predicted octanol–water partition coefficient (Wildman–Crippen LogP) is 4.87. The molecule has 4 rings (SSSR count). The number of nitrogens with zero attached hydrogens (tertiary/aromatic N) is 1. The lowest BCUT2D eigenvalue weighted by atomic mass is 10.2. The van der Waals surface area contributed by atoms with E-state index < -0.39 is 0 Å². The summed E-state index contributed by atoms with van der Waals surface area (Å²) in [6.07, 6.45) is 1.75. The topological polar surface area (TPSA) is 58.6 Å². The maximum atomic E-state index is 12.7. The van der Waals surface area contributed by atoms with Crippen molar-refractivity contribution in [3.8, 4) is 5.75 Å². The van der Waals surface area contributed by atoms with Gasteiger partial charge >= 0.3 is 0 Å². The Hall–Kier alpha value is -2.94. The molecule has 1 saturated heterocycles. The second-order valence-corrected chi connectivity index (χ2v) is 8.90. The number of hydrogen-bond donors (Lipinski definition) is 1. The quantitative estimate of drug-likeness (QED) is 0.427. The fourth-order valence-corrected chi connectivity index (χ4v) is 4.47. The molecule has 0 saturated carbocycles. The molecule has 1 aliphatic heterocycles. The van der Waals surface area contributed by atoms with Gasteiger partial charge in [0.1, 0.15) is 12.4 Å². The van der Waals surface area contributed by atoms with E-state index >= 15 is 0 Å². The number of thiocarbonyl (C=S) groups is 1. The van der Waals surface area contributed by atoms with Crippen LogP contribution >= 0.6 is 35.3 Å². The summed E-state index contributed by atoms with van der Waals surface area (Å²) < 4.78 is 6.07. The van der Waals surface area contributed by atoms with Gasteiger partial charge in [0.05, 0.1) is 9.78 Å². The molecule has 1 N–H and O–H groups in total. The summed E-state index contributed by atoms with van der Waals surface area (Å²) in [5.74, 6) is 0.0357. The molecule has 0 bridgehead atoms. The van der Waals surface area contributed by atoms with E-state index in [1.807, 2.05) is 54.6 Å². The molecule has 150 valence electrons. The smallest absolute Gasteiger partial charge is 0.285 e. The molecule has 8 heteroatoms. The maximum Gasteiger partial charge on any atom is 0.285 e. The first-order valence-corrected chi connectivity index (χ1v) is 11.1. The summed E-state index contributed by atoms with van der Waals surface area (Å²) in [5.41, 5.74) is 4.50. The number of nitrogens with one attached hydrogen (secondary N) is 1. The number of hydrazine groups is 1. The second-order valence-electron chi connectivity index (χ2n) is 6.28. The minimum atomic E-state index is -0.359. The molecule has 0 radical (unpaired) electrons. The number of benzene rings is 2. The first-order chi connectivity index (χ1) is 14.6.